The number of halogens is 1. The molecule has 0 aromatic heterocycles. The summed E-state index contributed by atoms with van der Waals surface area (Å²) in [5, 5.41) is 12.3. The number of aliphatic carboxylic acids is 1. The second-order valence-corrected chi connectivity index (χ2v) is 6.10. The highest BCUT2D eigenvalue weighted by atomic mass is 35.5. The quantitative estimate of drug-likeness (QED) is 0.828. The highest BCUT2D eigenvalue weighted by Crippen LogP contribution is 2.26. The number of hydrogen-bond acceptors (Lipinski definition) is 4. The zero-order valence-corrected chi connectivity index (χ0v) is 14.0. The molecule has 126 valence electrons. The average molecular weight is 341 g/mol. The molecule has 1 aromatic carbocycles. The number of ether oxygens (including phenoxy) is 1. The summed E-state index contributed by atoms with van der Waals surface area (Å²) < 4.78 is 5.47. The van der Waals surface area contributed by atoms with Crippen molar-refractivity contribution in [3.05, 3.63) is 28.8 Å². The van der Waals surface area contributed by atoms with Gasteiger partial charge in [-0.2, -0.15) is 0 Å². The number of likely N-dealkylation sites (tertiary alicyclic amines) is 1. The van der Waals surface area contributed by atoms with Gasteiger partial charge >= 0.3 is 5.97 Å². The number of carbonyl (C=O) groups is 2. The average Bonchev–Trinajstić information content (AvgIpc) is 2.86. The van der Waals surface area contributed by atoms with Crippen molar-refractivity contribution in [2.24, 2.45) is 0 Å². The third-order valence-corrected chi connectivity index (χ3v) is 4.12. The summed E-state index contributed by atoms with van der Waals surface area (Å²) >= 11 is 6.12. The van der Waals surface area contributed by atoms with Gasteiger partial charge in [0.1, 0.15) is 11.8 Å². The molecule has 0 spiro atoms. The number of likely N-dealkylation sites (N-methyl/N-ethyl adjacent to an activating group) is 1. The first-order valence-corrected chi connectivity index (χ1v) is 7.96. The molecular weight excluding hydrogens is 320 g/mol. The number of nitrogens with one attached hydrogen (secondary N) is 1. The van der Waals surface area contributed by atoms with E-state index >= 15 is 0 Å². The van der Waals surface area contributed by atoms with Crippen LogP contribution in [-0.4, -0.2) is 54.2 Å². The van der Waals surface area contributed by atoms with E-state index in [1.165, 1.54) is 0 Å². The molecule has 0 bridgehead atoms. The van der Waals surface area contributed by atoms with Gasteiger partial charge in [-0.15, -0.1) is 0 Å². The van der Waals surface area contributed by atoms with E-state index in [4.69, 9.17) is 21.4 Å². The number of benzene rings is 1. The van der Waals surface area contributed by atoms with E-state index in [9.17, 15) is 9.59 Å². The fourth-order valence-corrected chi connectivity index (χ4v) is 2.87. The molecule has 1 aromatic rings. The molecular formula is C16H21ClN2O4. The number of carbonyl (C=O) groups excluding carboxylic acids is 1. The Balaban J connectivity index is 1.99. The number of nitrogens with zero attached hydrogens (tertiary/aromatic N) is 1. The largest absolute Gasteiger partial charge is 0.492 e. The molecule has 2 rings (SSSR count). The van der Waals surface area contributed by atoms with Crippen molar-refractivity contribution in [2.75, 3.05) is 20.2 Å². The van der Waals surface area contributed by atoms with Crippen LogP contribution >= 0.6 is 11.6 Å². The van der Waals surface area contributed by atoms with Crippen molar-refractivity contribution in [1.82, 2.24) is 10.2 Å². The molecule has 1 amide bonds. The molecule has 1 aliphatic heterocycles. The standard InChI is InChI=1S/C16H21ClN2O4/c1-3-6-23-14-5-4-10(7-12(14)17)15(20)18-11-8-13(16(21)22)19(2)9-11/h4-5,7,11,13H,3,6,8-9H2,1-2H3,(H,18,20)(H,21,22)/t11-,13-/m0/s1. The summed E-state index contributed by atoms with van der Waals surface area (Å²) in [7, 11) is 1.74. The van der Waals surface area contributed by atoms with Crippen LogP contribution in [0.25, 0.3) is 0 Å². The molecule has 6 nitrogen and oxygen atoms in total. The predicted molar refractivity (Wildman–Crippen MR) is 87.2 cm³/mol. The molecule has 2 atom stereocenters. The Hall–Kier alpha value is -1.79. The minimum atomic E-state index is -0.871. The molecule has 1 fully saturated rings. The van der Waals surface area contributed by atoms with Gasteiger partial charge in [0.05, 0.1) is 11.6 Å². The summed E-state index contributed by atoms with van der Waals surface area (Å²) in [6, 6.07) is 4.14. The monoisotopic (exact) mass is 340 g/mol. The lowest BCUT2D eigenvalue weighted by molar-refractivity contribution is -0.141. The van der Waals surface area contributed by atoms with Gasteiger partial charge in [-0.3, -0.25) is 14.5 Å². The smallest absolute Gasteiger partial charge is 0.320 e. The third kappa shape index (κ3) is 4.36. The number of carboxylic acids is 1. The van der Waals surface area contributed by atoms with Gasteiger partial charge in [0.25, 0.3) is 5.91 Å². The van der Waals surface area contributed by atoms with E-state index in [2.05, 4.69) is 5.32 Å². The first-order chi connectivity index (χ1) is 10.9. The van der Waals surface area contributed by atoms with Crippen molar-refractivity contribution < 1.29 is 19.4 Å². The minimum absolute atomic E-state index is 0.191. The Kier molecular flexibility index (Phi) is 5.85. The van der Waals surface area contributed by atoms with E-state index in [1.54, 1.807) is 30.1 Å². The summed E-state index contributed by atoms with van der Waals surface area (Å²) in [5.74, 6) is -0.584. The summed E-state index contributed by atoms with van der Waals surface area (Å²) in [5.41, 5.74) is 0.431. The Morgan fingerprint density at radius 1 is 1.48 bits per heavy atom. The van der Waals surface area contributed by atoms with Crippen molar-refractivity contribution in [2.45, 2.75) is 31.8 Å². The Labute approximate surface area is 140 Å². The molecule has 1 saturated heterocycles. The first-order valence-electron chi connectivity index (χ1n) is 7.58. The molecule has 0 saturated carbocycles. The van der Waals surface area contributed by atoms with Crippen LogP contribution in [0.15, 0.2) is 18.2 Å². The highest BCUT2D eigenvalue weighted by molar-refractivity contribution is 6.32. The van der Waals surface area contributed by atoms with Crippen LogP contribution in [0.4, 0.5) is 0 Å². The summed E-state index contributed by atoms with van der Waals surface area (Å²) in [6.45, 7) is 3.07. The lowest BCUT2D eigenvalue weighted by Crippen LogP contribution is -2.36. The van der Waals surface area contributed by atoms with Crippen LogP contribution in [0.1, 0.15) is 30.1 Å². The molecule has 1 heterocycles. The van der Waals surface area contributed by atoms with E-state index in [-0.39, 0.29) is 11.9 Å². The lowest BCUT2D eigenvalue weighted by atomic mass is 10.1. The van der Waals surface area contributed by atoms with Gasteiger partial charge < -0.3 is 15.2 Å². The third-order valence-electron chi connectivity index (χ3n) is 3.82. The van der Waals surface area contributed by atoms with Crippen LogP contribution < -0.4 is 10.1 Å². The molecule has 0 radical (unpaired) electrons. The van der Waals surface area contributed by atoms with Gasteiger partial charge in [-0.1, -0.05) is 18.5 Å². The maximum atomic E-state index is 12.3. The van der Waals surface area contributed by atoms with Crippen LogP contribution in [0, 0.1) is 0 Å². The number of hydrogen-bond donors (Lipinski definition) is 2. The second-order valence-electron chi connectivity index (χ2n) is 5.69. The molecule has 0 unspecified atom stereocenters. The molecule has 0 aliphatic carbocycles. The van der Waals surface area contributed by atoms with Gasteiger partial charge in [0.2, 0.25) is 0 Å². The number of carboxylic acid groups (broad SMARTS) is 1. The van der Waals surface area contributed by atoms with Crippen LogP contribution in [-0.2, 0) is 4.79 Å². The lowest BCUT2D eigenvalue weighted by Gasteiger charge is -2.14. The molecule has 1 aliphatic rings. The number of rotatable bonds is 6. The number of amides is 1. The molecule has 23 heavy (non-hydrogen) atoms. The maximum Gasteiger partial charge on any atom is 0.320 e. The molecule has 7 heteroatoms. The Morgan fingerprint density at radius 2 is 2.22 bits per heavy atom. The van der Waals surface area contributed by atoms with E-state index < -0.39 is 12.0 Å². The predicted octanol–water partition coefficient (Wildman–Crippen LogP) is 2.02. The van der Waals surface area contributed by atoms with Crippen LogP contribution in [0.5, 0.6) is 5.75 Å². The zero-order valence-electron chi connectivity index (χ0n) is 13.2. The SMILES string of the molecule is CCCOc1ccc(C(=O)N[C@H]2C[C@@H](C(=O)O)N(C)C2)cc1Cl. The maximum absolute atomic E-state index is 12.3. The van der Waals surface area contributed by atoms with Crippen LogP contribution in [0.2, 0.25) is 5.02 Å². The zero-order chi connectivity index (χ0) is 17.0. The second kappa shape index (κ2) is 7.66. The van der Waals surface area contributed by atoms with Crippen molar-refractivity contribution in [3.8, 4) is 5.75 Å². The van der Waals surface area contributed by atoms with E-state index in [1.807, 2.05) is 6.92 Å². The molecule has 2 N–H and O–H groups in total. The van der Waals surface area contributed by atoms with Crippen LogP contribution in [0.3, 0.4) is 0 Å². The fourth-order valence-electron chi connectivity index (χ4n) is 2.63. The van der Waals surface area contributed by atoms with E-state index in [0.29, 0.717) is 35.9 Å². The fraction of sp³-hybridized carbons (Fsp3) is 0.500. The minimum Gasteiger partial charge on any atom is -0.492 e. The Bertz CT molecular complexity index is 593. The van der Waals surface area contributed by atoms with Gasteiger partial charge in [0, 0.05) is 18.2 Å². The van der Waals surface area contributed by atoms with Gasteiger partial charge in [0.15, 0.2) is 0 Å². The van der Waals surface area contributed by atoms with Crippen molar-refractivity contribution in [1.29, 1.82) is 0 Å². The first kappa shape index (κ1) is 17.6. The van der Waals surface area contributed by atoms with E-state index in [0.717, 1.165) is 6.42 Å². The van der Waals surface area contributed by atoms with Gasteiger partial charge in [-0.05, 0) is 38.1 Å². The van der Waals surface area contributed by atoms with Gasteiger partial charge in [-0.25, -0.2) is 0 Å². The van der Waals surface area contributed by atoms with Crippen molar-refractivity contribution >= 4 is 23.5 Å². The summed E-state index contributed by atoms with van der Waals surface area (Å²) in [4.78, 5) is 25.1. The highest BCUT2D eigenvalue weighted by Gasteiger charge is 2.35. The topological polar surface area (TPSA) is 78.9 Å². The normalized spacial score (nSPS) is 21.2. The van der Waals surface area contributed by atoms with Crippen molar-refractivity contribution in [3.63, 3.8) is 0 Å². The summed E-state index contributed by atoms with van der Waals surface area (Å²) in [6.07, 6.45) is 1.27. The Morgan fingerprint density at radius 3 is 2.78 bits per heavy atom.